The molecule has 1 aromatic heterocycles. The summed E-state index contributed by atoms with van der Waals surface area (Å²) in [7, 11) is 0. The standard InChI is InChI=1S/C15H18N4S/c16-15(19-7-9-20-10-8-19)18-11-13-4-1-3-12-5-2-6-17-14(12)13/h1-6H,7-11H2,(H2,16,18). The van der Waals surface area contributed by atoms with Crippen LogP contribution in [0.5, 0.6) is 0 Å². The van der Waals surface area contributed by atoms with Crippen LogP contribution in [0.1, 0.15) is 5.56 Å². The molecule has 0 aliphatic carbocycles. The SMILES string of the molecule is NC(=NCc1cccc2cccnc12)N1CCSCC1. The predicted molar refractivity (Wildman–Crippen MR) is 86.0 cm³/mol. The number of nitrogens with two attached hydrogens (primary N) is 1. The van der Waals surface area contributed by atoms with Crippen LogP contribution < -0.4 is 5.73 Å². The molecule has 5 heteroatoms. The Labute approximate surface area is 123 Å². The van der Waals surface area contributed by atoms with Crippen molar-refractivity contribution in [3.63, 3.8) is 0 Å². The molecular weight excluding hydrogens is 268 g/mol. The molecule has 1 fully saturated rings. The number of thioether (sulfide) groups is 1. The number of aliphatic imine (C=N–C) groups is 1. The number of hydrogen-bond acceptors (Lipinski definition) is 3. The van der Waals surface area contributed by atoms with Gasteiger partial charge in [0.25, 0.3) is 0 Å². The summed E-state index contributed by atoms with van der Waals surface area (Å²) in [6, 6.07) is 10.2. The van der Waals surface area contributed by atoms with E-state index in [9.17, 15) is 0 Å². The number of nitrogens with zero attached hydrogens (tertiary/aromatic N) is 3. The molecule has 2 aromatic rings. The van der Waals surface area contributed by atoms with Crippen molar-refractivity contribution in [1.82, 2.24) is 9.88 Å². The minimum Gasteiger partial charge on any atom is -0.370 e. The molecule has 4 nitrogen and oxygen atoms in total. The molecule has 2 heterocycles. The number of hydrogen-bond donors (Lipinski definition) is 1. The molecule has 0 unspecified atom stereocenters. The molecular formula is C15H18N4S. The molecule has 3 rings (SSSR count). The van der Waals surface area contributed by atoms with Gasteiger partial charge < -0.3 is 10.6 Å². The van der Waals surface area contributed by atoms with Gasteiger partial charge in [-0.05, 0) is 11.6 Å². The third-order valence-electron chi connectivity index (χ3n) is 3.46. The van der Waals surface area contributed by atoms with Crippen LogP contribution in [-0.4, -0.2) is 40.4 Å². The van der Waals surface area contributed by atoms with Crippen molar-refractivity contribution in [2.75, 3.05) is 24.6 Å². The highest BCUT2D eigenvalue weighted by Gasteiger charge is 2.12. The Hall–Kier alpha value is -1.75. The van der Waals surface area contributed by atoms with Crippen LogP contribution in [0, 0.1) is 0 Å². The number of aromatic nitrogens is 1. The Morgan fingerprint density at radius 2 is 2.05 bits per heavy atom. The van der Waals surface area contributed by atoms with E-state index < -0.39 is 0 Å². The molecule has 0 radical (unpaired) electrons. The van der Waals surface area contributed by atoms with Crippen molar-refractivity contribution in [2.24, 2.45) is 10.7 Å². The first kappa shape index (κ1) is 13.2. The van der Waals surface area contributed by atoms with Gasteiger partial charge in [0.1, 0.15) is 0 Å². The summed E-state index contributed by atoms with van der Waals surface area (Å²) >= 11 is 1.97. The van der Waals surface area contributed by atoms with Crippen LogP contribution in [0.15, 0.2) is 41.5 Å². The number of rotatable bonds is 2. The largest absolute Gasteiger partial charge is 0.370 e. The van der Waals surface area contributed by atoms with Crippen LogP contribution in [0.2, 0.25) is 0 Å². The fourth-order valence-corrected chi connectivity index (χ4v) is 3.26. The maximum absolute atomic E-state index is 6.09. The second-order valence-corrected chi connectivity index (χ2v) is 5.99. The second kappa shape index (κ2) is 6.13. The summed E-state index contributed by atoms with van der Waals surface area (Å²) in [4.78, 5) is 11.1. The van der Waals surface area contributed by atoms with E-state index >= 15 is 0 Å². The second-order valence-electron chi connectivity index (χ2n) is 4.77. The average Bonchev–Trinajstić information content (AvgIpc) is 2.53. The zero-order valence-corrected chi connectivity index (χ0v) is 12.1. The van der Waals surface area contributed by atoms with Crippen molar-refractivity contribution in [3.05, 3.63) is 42.1 Å². The van der Waals surface area contributed by atoms with Crippen LogP contribution >= 0.6 is 11.8 Å². The molecule has 20 heavy (non-hydrogen) atoms. The van der Waals surface area contributed by atoms with E-state index in [0.717, 1.165) is 41.1 Å². The quantitative estimate of drug-likeness (QED) is 0.678. The monoisotopic (exact) mass is 286 g/mol. The number of guanidine groups is 1. The summed E-state index contributed by atoms with van der Waals surface area (Å²) in [6.07, 6.45) is 1.82. The summed E-state index contributed by atoms with van der Waals surface area (Å²) in [5.41, 5.74) is 8.22. The van der Waals surface area contributed by atoms with Gasteiger partial charge in [0.15, 0.2) is 5.96 Å². The topological polar surface area (TPSA) is 54.5 Å². The molecule has 1 saturated heterocycles. The Balaban J connectivity index is 1.79. The van der Waals surface area contributed by atoms with E-state index in [4.69, 9.17) is 5.73 Å². The van der Waals surface area contributed by atoms with Crippen molar-refractivity contribution in [2.45, 2.75) is 6.54 Å². The molecule has 0 amide bonds. The van der Waals surface area contributed by atoms with E-state index in [-0.39, 0.29) is 0 Å². The van der Waals surface area contributed by atoms with Gasteiger partial charge in [-0.15, -0.1) is 0 Å². The molecule has 0 bridgehead atoms. The van der Waals surface area contributed by atoms with Crippen LogP contribution in [0.4, 0.5) is 0 Å². The highest BCUT2D eigenvalue weighted by Crippen LogP contribution is 2.17. The first-order valence-electron chi connectivity index (χ1n) is 6.80. The maximum atomic E-state index is 6.09. The molecule has 1 aromatic carbocycles. The van der Waals surface area contributed by atoms with Gasteiger partial charge in [-0.3, -0.25) is 4.98 Å². The third-order valence-corrected chi connectivity index (χ3v) is 4.41. The van der Waals surface area contributed by atoms with Gasteiger partial charge in [-0.25, -0.2) is 4.99 Å². The van der Waals surface area contributed by atoms with E-state index in [0.29, 0.717) is 12.5 Å². The lowest BCUT2D eigenvalue weighted by Crippen LogP contribution is -2.42. The normalized spacial score (nSPS) is 16.6. The minimum absolute atomic E-state index is 0.587. The molecule has 1 aliphatic heterocycles. The van der Waals surface area contributed by atoms with Gasteiger partial charge in [-0.2, -0.15) is 11.8 Å². The average molecular weight is 286 g/mol. The van der Waals surface area contributed by atoms with Crippen LogP contribution in [0.3, 0.4) is 0 Å². The van der Waals surface area contributed by atoms with Gasteiger partial charge in [0.2, 0.25) is 0 Å². The molecule has 1 aliphatic rings. The third kappa shape index (κ3) is 2.88. The van der Waals surface area contributed by atoms with E-state index in [1.807, 2.05) is 30.1 Å². The van der Waals surface area contributed by atoms with Crippen molar-refractivity contribution in [3.8, 4) is 0 Å². The number of fused-ring (bicyclic) bond motifs is 1. The van der Waals surface area contributed by atoms with Gasteiger partial charge in [0, 0.05) is 36.2 Å². The highest BCUT2D eigenvalue weighted by atomic mass is 32.2. The molecule has 0 spiro atoms. The summed E-state index contributed by atoms with van der Waals surface area (Å²) in [6.45, 7) is 2.57. The smallest absolute Gasteiger partial charge is 0.191 e. The van der Waals surface area contributed by atoms with E-state index in [1.54, 1.807) is 0 Å². The Morgan fingerprint density at radius 1 is 1.25 bits per heavy atom. The van der Waals surface area contributed by atoms with Crippen molar-refractivity contribution in [1.29, 1.82) is 0 Å². The summed E-state index contributed by atoms with van der Waals surface area (Å²) in [5, 5.41) is 1.15. The summed E-state index contributed by atoms with van der Waals surface area (Å²) in [5.74, 6) is 2.91. The maximum Gasteiger partial charge on any atom is 0.191 e. The van der Waals surface area contributed by atoms with E-state index in [1.165, 1.54) is 0 Å². The van der Waals surface area contributed by atoms with Crippen LogP contribution in [-0.2, 0) is 6.54 Å². The number of pyridine rings is 1. The zero-order valence-electron chi connectivity index (χ0n) is 11.3. The zero-order chi connectivity index (χ0) is 13.8. The molecule has 0 atom stereocenters. The first-order valence-corrected chi connectivity index (χ1v) is 7.95. The fourth-order valence-electron chi connectivity index (χ4n) is 2.35. The molecule has 2 N–H and O–H groups in total. The predicted octanol–water partition coefficient (Wildman–Crippen LogP) is 2.10. The lowest BCUT2D eigenvalue weighted by molar-refractivity contribution is 0.455. The Morgan fingerprint density at radius 3 is 2.90 bits per heavy atom. The van der Waals surface area contributed by atoms with E-state index in [2.05, 4.69) is 33.1 Å². The molecule has 104 valence electrons. The van der Waals surface area contributed by atoms with Gasteiger partial charge in [-0.1, -0.05) is 24.3 Å². The number of benzene rings is 1. The minimum atomic E-state index is 0.587. The van der Waals surface area contributed by atoms with Crippen LogP contribution in [0.25, 0.3) is 10.9 Å². The number of para-hydroxylation sites is 1. The lowest BCUT2D eigenvalue weighted by atomic mass is 10.1. The van der Waals surface area contributed by atoms with Crippen molar-refractivity contribution >= 4 is 28.6 Å². The Kier molecular flexibility index (Phi) is 4.06. The molecule has 0 saturated carbocycles. The first-order chi connectivity index (χ1) is 9.84. The van der Waals surface area contributed by atoms with Crippen molar-refractivity contribution < 1.29 is 0 Å². The van der Waals surface area contributed by atoms with Gasteiger partial charge in [0.05, 0.1) is 12.1 Å². The van der Waals surface area contributed by atoms with Gasteiger partial charge >= 0.3 is 0 Å². The summed E-state index contributed by atoms with van der Waals surface area (Å²) < 4.78 is 0. The fraction of sp³-hybridized carbons (Fsp3) is 0.333. The lowest BCUT2D eigenvalue weighted by Gasteiger charge is -2.27. The Bertz CT molecular complexity index is 615. The highest BCUT2D eigenvalue weighted by molar-refractivity contribution is 7.99.